The van der Waals surface area contributed by atoms with Crippen LogP contribution in [0.3, 0.4) is 0 Å². The molecule has 16 nitrogen and oxygen atoms in total. The molecule has 0 bridgehead atoms. The molecular weight excluding hydrogens is 320 g/mol. The Morgan fingerprint density at radius 1 is 1.26 bits per heavy atom. The fourth-order valence-corrected chi connectivity index (χ4v) is 1.54. The van der Waals surface area contributed by atoms with E-state index in [-0.39, 0.29) is 11.9 Å². The summed E-state index contributed by atoms with van der Waals surface area (Å²) in [7, 11) is 0. The van der Waals surface area contributed by atoms with Crippen molar-refractivity contribution in [1.29, 1.82) is 0 Å². The molecule has 1 aliphatic heterocycles. The van der Waals surface area contributed by atoms with Crippen molar-refractivity contribution in [2.24, 2.45) is 22.3 Å². The average Bonchev–Trinajstić information content (AvgIpc) is 2.61. The SMILES string of the molecule is CC1=N[N+](=C(N)N)C(C)(NNC(N)=[NH2+])C1.O=[N+]([O-])[O-].O=[N+]([O-])[O-]. The predicted octanol–water partition coefficient (Wildman–Crippen LogP) is -4.54. The molecule has 0 aromatic rings. The molecule has 0 aromatic heterocycles. The van der Waals surface area contributed by atoms with E-state index in [4.69, 9.17) is 53.3 Å². The number of hydrogen-bond acceptors (Lipinski definition) is 8. The number of rotatable bonds is 2. The van der Waals surface area contributed by atoms with E-state index < -0.39 is 15.8 Å². The van der Waals surface area contributed by atoms with Crippen LogP contribution in [-0.2, 0) is 0 Å². The zero-order valence-corrected chi connectivity index (χ0v) is 12.3. The van der Waals surface area contributed by atoms with E-state index in [2.05, 4.69) is 16.0 Å². The van der Waals surface area contributed by atoms with E-state index in [9.17, 15) is 0 Å². The van der Waals surface area contributed by atoms with Gasteiger partial charge in [-0.25, -0.2) is 5.43 Å². The largest absolute Gasteiger partial charge is 0.367 e. The highest BCUT2D eigenvalue weighted by molar-refractivity contribution is 5.84. The van der Waals surface area contributed by atoms with Gasteiger partial charge in [-0.3, -0.25) is 22.6 Å². The topological polar surface area (TPSA) is 275 Å². The first kappa shape index (κ1) is 21.9. The highest BCUT2D eigenvalue weighted by atomic mass is 16.9. The first-order chi connectivity index (χ1) is 10.3. The van der Waals surface area contributed by atoms with Gasteiger partial charge in [0, 0.05) is 6.42 Å². The van der Waals surface area contributed by atoms with Crippen LogP contribution in [0.5, 0.6) is 0 Å². The summed E-state index contributed by atoms with van der Waals surface area (Å²) in [6, 6.07) is 0. The van der Waals surface area contributed by atoms with Gasteiger partial charge in [0.25, 0.3) is 0 Å². The third-order valence-corrected chi connectivity index (χ3v) is 2.06. The van der Waals surface area contributed by atoms with Crippen LogP contribution in [0.15, 0.2) is 5.10 Å². The number of nitrogens with one attached hydrogen (secondary N) is 2. The van der Waals surface area contributed by atoms with E-state index in [1.165, 1.54) is 4.68 Å². The van der Waals surface area contributed by atoms with Crippen LogP contribution in [0.1, 0.15) is 20.3 Å². The summed E-state index contributed by atoms with van der Waals surface area (Å²) in [5, 5.41) is 39.0. The first-order valence-electron chi connectivity index (χ1n) is 5.58. The maximum Gasteiger partial charge on any atom is 0.367 e. The maximum atomic E-state index is 8.25. The van der Waals surface area contributed by atoms with Gasteiger partial charge in [-0.15, -0.1) is 15.2 Å². The number of hydrazine groups is 1. The van der Waals surface area contributed by atoms with Gasteiger partial charge >= 0.3 is 11.9 Å². The summed E-state index contributed by atoms with van der Waals surface area (Å²) in [4.78, 5) is 16.5. The van der Waals surface area contributed by atoms with E-state index in [0.717, 1.165) is 5.71 Å². The highest BCUT2D eigenvalue weighted by Crippen LogP contribution is 2.18. The normalized spacial score (nSPS) is 18.3. The number of hydrazone groups is 1. The molecule has 0 aliphatic carbocycles. The molecule has 0 aromatic carbocycles. The first-order valence-corrected chi connectivity index (χ1v) is 5.58. The lowest BCUT2D eigenvalue weighted by Gasteiger charge is -2.22. The molecular formula is C7H18N10O6. The zero-order chi connectivity index (χ0) is 18.8. The molecule has 0 fully saturated rings. The van der Waals surface area contributed by atoms with Crippen LogP contribution in [0, 0.1) is 30.6 Å². The fraction of sp³-hybridized carbons (Fsp3) is 0.571. The van der Waals surface area contributed by atoms with Gasteiger partial charge in [0.2, 0.25) is 0 Å². The second-order valence-electron chi connectivity index (χ2n) is 4.18. The van der Waals surface area contributed by atoms with Crippen LogP contribution in [0.25, 0.3) is 0 Å². The van der Waals surface area contributed by atoms with E-state index in [0.29, 0.717) is 6.42 Å². The fourth-order valence-electron chi connectivity index (χ4n) is 1.54. The van der Waals surface area contributed by atoms with Gasteiger partial charge < -0.3 is 30.6 Å². The molecule has 23 heavy (non-hydrogen) atoms. The Hall–Kier alpha value is -3.43. The maximum absolute atomic E-state index is 8.25. The van der Waals surface area contributed by atoms with Crippen LogP contribution in [0.4, 0.5) is 0 Å². The summed E-state index contributed by atoms with van der Waals surface area (Å²) >= 11 is 0. The molecule has 132 valence electrons. The standard InChI is InChI=1S/C7H16N8.2NO3/c1-4-3-7(2,14-12-5(8)9)15(13-4)6(10)11;2*2-1(3)4/h14H,3H2,1-2H3,(H7,8,9,10,11,12);;/q;2*-1/p+2. The zero-order valence-electron chi connectivity index (χ0n) is 12.3. The van der Waals surface area contributed by atoms with E-state index in [1.807, 2.05) is 13.8 Å². The lowest BCUT2D eigenvalue weighted by molar-refractivity contribution is -0.610. The Bertz CT molecular complexity index is 494. The van der Waals surface area contributed by atoms with Crippen molar-refractivity contribution in [1.82, 2.24) is 10.9 Å². The number of hydrogen-bond donors (Lipinski definition) is 6. The van der Waals surface area contributed by atoms with Crippen molar-refractivity contribution in [3.8, 4) is 0 Å². The highest BCUT2D eigenvalue weighted by Gasteiger charge is 2.40. The Labute approximate surface area is 128 Å². The van der Waals surface area contributed by atoms with E-state index >= 15 is 0 Å². The minimum absolute atomic E-state index is 0.0660. The van der Waals surface area contributed by atoms with Crippen molar-refractivity contribution in [2.75, 3.05) is 0 Å². The average molecular weight is 338 g/mol. The Balaban J connectivity index is 0. The quantitative estimate of drug-likeness (QED) is 0.0915. The third kappa shape index (κ3) is 11.0. The lowest BCUT2D eigenvalue weighted by atomic mass is 10.1. The van der Waals surface area contributed by atoms with Gasteiger partial charge in [-0.1, -0.05) is 0 Å². The second-order valence-corrected chi connectivity index (χ2v) is 4.18. The van der Waals surface area contributed by atoms with Crippen LogP contribution < -0.4 is 33.5 Å². The minimum Gasteiger partial charge on any atom is -0.356 e. The molecule has 1 aliphatic rings. The Morgan fingerprint density at radius 3 is 1.96 bits per heavy atom. The molecule has 0 saturated carbocycles. The van der Waals surface area contributed by atoms with Crippen molar-refractivity contribution in [3.63, 3.8) is 0 Å². The van der Waals surface area contributed by atoms with Crippen molar-refractivity contribution >= 4 is 17.6 Å². The molecule has 0 spiro atoms. The number of nitrogens with two attached hydrogens (primary N) is 4. The predicted molar refractivity (Wildman–Crippen MR) is 77.9 cm³/mol. The Kier molecular flexibility index (Phi) is 9.03. The molecule has 0 amide bonds. The summed E-state index contributed by atoms with van der Waals surface area (Å²) < 4.78 is 1.48. The second kappa shape index (κ2) is 9.50. The number of nitrogens with zero attached hydrogens (tertiary/aromatic N) is 4. The van der Waals surface area contributed by atoms with Crippen molar-refractivity contribution in [3.05, 3.63) is 30.6 Å². The number of guanidine groups is 2. The van der Waals surface area contributed by atoms with Crippen molar-refractivity contribution < 1.29 is 20.3 Å². The minimum atomic E-state index is -1.75. The van der Waals surface area contributed by atoms with Gasteiger partial charge in [0.1, 0.15) is 0 Å². The molecule has 1 rings (SSSR count). The molecule has 1 atom stereocenters. The van der Waals surface area contributed by atoms with E-state index in [1.54, 1.807) is 0 Å². The smallest absolute Gasteiger partial charge is 0.356 e. The lowest BCUT2D eigenvalue weighted by Crippen LogP contribution is -2.65. The van der Waals surface area contributed by atoms with Gasteiger partial charge in [-0.05, 0) is 13.8 Å². The van der Waals surface area contributed by atoms with Gasteiger partial charge in [0.05, 0.1) is 15.9 Å². The molecule has 0 radical (unpaired) electrons. The summed E-state index contributed by atoms with van der Waals surface area (Å²) in [6.45, 7) is 3.76. The van der Waals surface area contributed by atoms with Gasteiger partial charge in [-0.2, -0.15) is 0 Å². The molecule has 1 unspecified atom stereocenters. The summed E-state index contributed by atoms with van der Waals surface area (Å²) in [5.74, 6) is 0.176. The third-order valence-electron chi connectivity index (χ3n) is 2.06. The van der Waals surface area contributed by atoms with Crippen molar-refractivity contribution in [2.45, 2.75) is 25.9 Å². The monoisotopic (exact) mass is 338 g/mol. The molecule has 1 heterocycles. The molecule has 10 N–H and O–H groups in total. The van der Waals surface area contributed by atoms with Crippen LogP contribution in [-0.4, -0.2) is 38.2 Å². The summed E-state index contributed by atoms with van der Waals surface area (Å²) in [6.07, 6.45) is 0.658. The van der Waals surface area contributed by atoms with Crippen LogP contribution in [0.2, 0.25) is 0 Å². The van der Waals surface area contributed by atoms with Crippen LogP contribution >= 0.6 is 0 Å². The Morgan fingerprint density at radius 2 is 1.65 bits per heavy atom. The molecule has 16 heteroatoms. The van der Waals surface area contributed by atoms with Gasteiger partial charge in [0.15, 0.2) is 5.66 Å². The summed E-state index contributed by atoms with van der Waals surface area (Å²) in [5.41, 5.74) is 22.2. The molecule has 0 saturated heterocycles.